The summed E-state index contributed by atoms with van der Waals surface area (Å²) in [4.78, 5) is 46.8. The number of nitrogens with zero attached hydrogens (tertiary/aromatic N) is 3. The van der Waals surface area contributed by atoms with Crippen LogP contribution < -0.4 is 4.90 Å². The van der Waals surface area contributed by atoms with Crippen LogP contribution >= 0.6 is 0 Å². The molecule has 5 rings (SSSR count). The quantitative estimate of drug-likeness (QED) is 0.776. The van der Waals surface area contributed by atoms with Gasteiger partial charge in [-0.1, -0.05) is 48.5 Å². The first-order valence-electron chi connectivity index (χ1n) is 9.45. The Morgan fingerprint density at radius 3 is 2.32 bits per heavy atom. The fraction of sp³-hybridized carbons (Fsp3) is 0.273. The third kappa shape index (κ3) is 2.27. The Balaban J connectivity index is 1.45. The Morgan fingerprint density at radius 1 is 0.929 bits per heavy atom. The van der Waals surface area contributed by atoms with Crippen LogP contribution in [0.1, 0.15) is 18.4 Å². The van der Waals surface area contributed by atoms with Gasteiger partial charge in [0.25, 0.3) is 5.91 Å². The van der Waals surface area contributed by atoms with E-state index in [1.165, 1.54) is 4.90 Å². The smallest absolute Gasteiger partial charge is 0.256 e. The number of hydrogen-bond donors (Lipinski definition) is 0. The molecule has 28 heavy (non-hydrogen) atoms. The molecule has 2 unspecified atom stereocenters. The second-order valence-corrected chi connectivity index (χ2v) is 7.56. The Bertz CT molecular complexity index is 989. The summed E-state index contributed by atoms with van der Waals surface area (Å²) < 4.78 is 0. The number of hydrogen-bond acceptors (Lipinski definition) is 4. The van der Waals surface area contributed by atoms with Gasteiger partial charge in [-0.05, 0) is 30.5 Å². The third-order valence-corrected chi connectivity index (χ3v) is 6.05. The molecule has 2 fully saturated rings. The van der Waals surface area contributed by atoms with Crippen molar-refractivity contribution in [1.82, 2.24) is 4.90 Å². The molecule has 6 nitrogen and oxygen atoms in total. The van der Waals surface area contributed by atoms with E-state index in [-0.39, 0.29) is 17.7 Å². The lowest BCUT2D eigenvalue weighted by Gasteiger charge is -2.26. The van der Waals surface area contributed by atoms with Gasteiger partial charge in [-0.2, -0.15) is 0 Å². The minimum absolute atomic E-state index is 0.181. The number of para-hydroxylation sites is 1. The minimum Gasteiger partial charge on any atom is -0.297 e. The van der Waals surface area contributed by atoms with Crippen molar-refractivity contribution in [2.75, 3.05) is 4.90 Å². The first kappa shape index (κ1) is 16.9. The average Bonchev–Trinajstić information content (AvgIpc) is 3.34. The molecule has 1 saturated heterocycles. The number of carbonyl (C=O) groups excluding carboxylic acids is 3. The van der Waals surface area contributed by atoms with Gasteiger partial charge in [-0.3, -0.25) is 24.3 Å². The van der Waals surface area contributed by atoms with Crippen molar-refractivity contribution in [1.29, 1.82) is 0 Å². The Kier molecular flexibility index (Phi) is 3.69. The molecule has 0 N–H and O–H groups in total. The molecule has 6 heteroatoms. The molecular weight excluding hydrogens is 354 g/mol. The molecule has 2 heterocycles. The highest BCUT2D eigenvalue weighted by Gasteiger charge is 2.66. The monoisotopic (exact) mass is 373 g/mol. The third-order valence-electron chi connectivity index (χ3n) is 6.05. The molecule has 1 aliphatic carbocycles. The van der Waals surface area contributed by atoms with E-state index in [0.29, 0.717) is 25.1 Å². The number of imide groups is 1. The van der Waals surface area contributed by atoms with Gasteiger partial charge in [-0.15, -0.1) is 0 Å². The van der Waals surface area contributed by atoms with E-state index in [2.05, 4.69) is 4.99 Å². The Hall–Kier alpha value is -3.28. The van der Waals surface area contributed by atoms with Crippen LogP contribution in [0, 0.1) is 11.8 Å². The number of fused-ring (bicyclic) bond motifs is 2. The molecule has 0 radical (unpaired) electrons. The summed E-state index contributed by atoms with van der Waals surface area (Å²) in [5.41, 5.74) is 0.404. The van der Waals surface area contributed by atoms with Crippen molar-refractivity contribution in [2.45, 2.75) is 24.9 Å². The maximum atomic E-state index is 13.3. The van der Waals surface area contributed by atoms with E-state index in [9.17, 15) is 14.4 Å². The highest BCUT2D eigenvalue weighted by atomic mass is 16.2. The normalized spacial score (nSPS) is 28.6. The zero-order chi connectivity index (χ0) is 19.3. The highest BCUT2D eigenvalue weighted by molar-refractivity contribution is 6.24. The molecule has 3 atom stereocenters. The second kappa shape index (κ2) is 6.12. The number of anilines is 1. The standard InChI is InChI=1S/C22H19N3O3/c26-19-17-11-12-22(18(17)20(27)25(19)16-9-5-2-6-10-16)21(28)24(14-23-22)13-15-7-3-1-4-8-15/h1-10,14,17-18H,11-13H2/t17?,18?,22-/m0/s1. The molecule has 0 bridgehead atoms. The maximum absolute atomic E-state index is 13.3. The van der Waals surface area contributed by atoms with Crippen LogP contribution in [0.4, 0.5) is 5.69 Å². The van der Waals surface area contributed by atoms with Crippen LogP contribution in [0.2, 0.25) is 0 Å². The van der Waals surface area contributed by atoms with E-state index >= 15 is 0 Å². The van der Waals surface area contributed by atoms with Gasteiger partial charge in [0.1, 0.15) is 0 Å². The van der Waals surface area contributed by atoms with E-state index in [1.807, 2.05) is 36.4 Å². The van der Waals surface area contributed by atoms with Crippen LogP contribution in [0.15, 0.2) is 65.7 Å². The summed E-state index contributed by atoms with van der Waals surface area (Å²) in [6.07, 6.45) is 2.48. The number of rotatable bonds is 3. The molecule has 2 aliphatic heterocycles. The molecule has 2 aromatic rings. The van der Waals surface area contributed by atoms with Gasteiger partial charge < -0.3 is 0 Å². The fourth-order valence-electron chi connectivity index (χ4n) is 4.72. The van der Waals surface area contributed by atoms with Gasteiger partial charge in [0.05, 0.1) is 30.4 Å². The summed E-state index contributed by atoms with van der Waals surface area (Å²) in [7, 11) is 0. The molecule has 1 spiro atoms. The van der Waals surface area contributed by atoms with Crippen LogP contribution in [0.3, 0.4) is 0 Å². The predicted molar refractivity (Wildman–Crippen MR) is 103 cm³/mol. The lowest BCUT2D eigenvalue weighted by atomic mass is 9.84. The number of carbonyl (C=O) groups is 3. The molecular formula is C22H19N3O3. The van der Waals surface area contributed by atoms with Crippen molar-refractivity contribution in [3.63, 3.8) is 0 Å². The first-order chi connectivity index (χ1) is 13.6. The van der Waals surface area contributed by atoms with E-state index in [1.54, 1.807) is 35.5 Å². The molecule has 2 aromatic carbocycles. The summed E-state index contributed by atoms with van der Waals surface area (Å²) in [6.45, 7) is 0.410. The van der Waals surface area contributed by atoms with Crippen molar-refractivity contribution in [2.24, 2.45) is 16.8 Å². The summed E-state index contributed by atoms with van der Waals surface area (Å²) in [5, 5.41) is 0. The van der Waals surface area contributed by atoms with E-state index in [4.69, 9.17) is 0 Å². The predicted octanol–water partition coefficient (Wildman–Crippen LogP) is 2.40. The molecule has 3 aliphatic rings. The zero-order valence-electron chi connectivity index (χ0n) is 15.2. The number of aliphatic imine (C=N–C) groups is 1. The van der Waals surface area contributed by atoms with E-state index < -0.39 is 17.4 Å². The zero-order valence-corrected chi connectivity index (χ0v) is 15.2. The van der Waals surface area contributed by atoms with Crippen molar-refractivity contribution in [3.05, 3.63) is 66.2 Å². The van der Waals surface area contributed by atoms with Gasteiger partial charge in [0.2, 0.25) is 11.8 Å². The van der Waals surface area contributed by atoms with Crippen molar-refractivity contribution in [3.8, 4) is 0 Å². The maximum Gasteiger partial charge on any atom is 0.256 e. The van der Waals surface area contributed by atoms with Crippen molar-refractivity contribution >= 4 is 29.7 Å². The average molecular weight is 373 g/mol. The largest absolute Gasteiger partial charge is 0.297 e. The lowest BCUT2D eigenvalue weighted by Crippen LogP contribution is -2.47. The van der Waals surface area contributed by atoms with Crippen LogP contribution in [0.5, 0.6) is 0 Å². The van der Waals surface area contributed by atoms with Gasteiger partial charge in [0.15, 0.2) is 5.54 Å². The summed E-state index contributed by atoms with van der Waals surface area (Å²) in [6, 6.07) is 18.6. The Labute approximate surface area is 162 Å². The van der Waals surface area contributed by atoms with Crippen LogP contribution in [-0.4, -0.2) is 34.5 Å². The second-order valence-electron chi connectivity index (χ2n) is 7.56. The minimum atomic E-state index is -1.14. The summed E-state index contributed by atoms with van der Waals surface area (Å²) in [5.74, 6) is -1.91. The highest BCUT2D eigenvalue weighted by Crippen LogP contribution is 2.51. The van der Waals surface area contributed by atoms with Crippen LogP contribution in [0.25, 0.3) is 0 Å². The fourth-order valence-corrected chi connectivity index (χ4v) is 4.72. The first-order valence-corrected chi connectivity index (χ1v) is 9.45. The summed E-state index contributed by atoms with van der Waals surface area (Å²) >= 11 is 0. The molecule has 1 saturated carbocycles. The molecule has 140 valence electrons. The lowest BCUT2D eigenvalue weighted by molar-refractivity contribution is -0.136. The number of benzene rings is 2. The van der Waals surface area contributed by atoms with Gasteiger partial charge in [0, 0.05) is 0 Å². The van der Waals surface area contributed by atoms with Crippen LogP contribution in [-0.2, 0) is 20.9 Å². The van der Waals surface area contributed by atoms with Gasteiger partial charge >= 0.3 is 0 Å². The molecule has 0 aromatic heterocycles. The number of amides is 3. The SMILES string of the molecule is O=C1C2CC[C@]3(N=CN(Cc4ccccc4)C3=O)C2C(=O)N1c1ccccc1. The van der Waals surface area contributed by atoms with Crippen molar-refractivity contribution < 1.29 is 14.4 Å². The van der Waals surface area contributed by atoms with E-state index in [0.717, 1.165) is 5.56 Å². The topological polar surface area (TPSA) is 70.0 Å². The molecule has 3 amide bonds. The van der Waals surface area contributed by atoms with Gasteiger partial charge in [-0.25, -0.2) is 4.90 Å². The Morgan fingerprint density at radius 2 is 1.61 bits per heavy atom.